The van der Waals surface area contributed by atoms with E-state index in [0.29, 0.717) is 19.7 Å². The molecule has 3 nitrogen and oxygen atoms in total. The lowest BCUT2D eigenvalue weighted by Crippen LogP contribution is -2.14. The molecule has 4 heteroatoms. The van der Waals surface area contributed by atoms with Gasteiger partial charge >= 0.3 is 0 Å². The van der Waals surface area contributed by atoms with Crippen LogP contribution in [-0.4, -0.2) is 7.11 Å². The molecule has 0 aliphatic heterocycles. The van der Waals surface area contributed by atoms with Gasteiger partial charge in [0, 0.05) is 23.7 Å². The normalized spacial score (nSPS) is 10.5. The largest absolute Gasteiger partial charge is 0.493 e. The van der Waals surface area contributed by atoms with Gasteiger partial charge in [-0.15, -0.1) is 0 Å². The van der Waals surface area contributed by atoms with Crippen molar-refractivity contribution in [3.63, 3.8) is 0 Å². The zero-order chi connectivity index (χ0) is 18.2. The van der Waals surface area contributed by atoms with E-state index < -0.39 is 0 Å². The van der Waals surface area contributed by atoms with Crippen molar-refractivity contribution >= 4 is 11.6 Å². The summed E-state index contributed by atoms with van der Waals surface area (Å²) in [6.07, 6.45) is 0. The highest BCUT2D eigenvalue weighted by Gasteiger charge is 2.11. The van der Waals surface area contributed by atoms with Crippen LogP contribution in [-0.2, 0) is 19.7 Å². The summed E-state index contributed by atoms with van der Waals surface area (Å²) in [5, 5.41) is 4.20. The van der Waals surface area contributed by atoms with E-state index in [1.807, 2.05) is 72.8 Å². The van der Waals surface area contributed by atoms with Gasteiger partial charge in [-0.25, -0.2) is 0 Å². The minimum atomic E-state index is 0.499. The maximum atomic E-state index is 6.22. The Balaban J connectivity index is 1.69. The van der Waals surface area contributed by atoms with E-state index in [1.165, 1.54) is 0 Å². The molecule has 0 spiro atoms. The molecule has 0 radical (unpaired) electrons. The highest BCUT2D eigenvalue weighted by atomic mass is 35.5. The molecule has 3 aromatic rings. The van der Waals surface area contributed by atoms with Crippen molar-refractivity contribution in [3.8, 4) is 11.5 Å². The number of ether oxygens (including phenoxy) is 2. The van der Waals surface area contributed by atoms with Crippen LogP contribution in [0.25, 0.3) is 0 Å². The van der Waals surface area contributed by atoms with Gasteiger partial charge in [0.2, 0.25) is 0 Å². The first-order valence-electron chi connectivity index (χ1n) is 8.54. The molecule has 0 bridgehead atoms. The van der Waals surface area contributed by atoms with Gasteiger partial charge in [0.15, 0.2) is 11.5 Å². The average Bonchev–Trinajstić information content (AvgIpc) is 2.69. The molecule has 134 valence electrons. The molecular formula is C22H22ClNO2. The van der Waals surface area contributed by atoms with Crippen molar-refractivity contribution in [2.45, 2.75) is 19.7 Å². The molecular weight excluding hydrogens is 346 g/mol. The van der Waals surface area contributed by atoms with E-state index in [0.717, 1.165) is 33.2 Å². The maximum Gasteiger partial charge on any atom is 0.166 e. The Kier molecular flexibility index (Phi) is 6.53. The smallest absolute Gasteiger partial charge is 0.166 e. The molecule has 3 rings (SSSR count). The van der Waals surface area contributed by atoms with Crippen LogP contribution >= 0.6 is 11.6 Å². The molecule has 3 aromatic carbocycles. The standard InChI is InChI=1S/C22H22ClNO2/c1-25-21-13-7-11-19(15-24-14-18-10-5-6-12-20(18)23)22(21)26-16-17-8-3-2-4-9-17/h2-13,24H,14-16H2,1H3. The van der Waals surface area contributed by atoms with Crippen LogP contribution in [0.2, 0.25) is 5.02 Å². The van der Waals surface area contributed by atoms with E-state index in [2.05, 4.69) is 5.32 Å². The van der Waals surface area contributed by atoms with Crippen molar-refractivity contribution in [2.75, 3.05) is 7.11 Å². The molecule has 0 saturated heterocycles. The second-order valence-electron chi connectivity index (χ2n) is 5.92. The van der Waals surface area contributed by atoms with Gasteiger partial charge in [0.1, 0.15) is 6.61 Å². The molecule has 0 atom stereocenters. The predicted octanol–water partition coefficient (Wildman–Crippen LogP) is 5.22. The zero-order valence-electron chi connectivity index (χ0n) is 14.7. The fourth-order valence-electron chi connectivity index (χ4n) is 2.73. The quantitative estimate of drug-likeness (QED) is 0.592. The molecule has 0 saturated carbocycles. The summed E-state index contributed by atoms with van der Waals surface area (Å²) >= 11 is 6.22. The summed E-state index contributed by atoms with van der Waals surface area (Å²) in [7, 11) is 1.66. The summed E-state index contributed by atoms with van der Waals surface area (Å²) in [6.45, 7) is 1.85. The van der Waals surface area contributed by atoms with Crippen molar-refractivity contribution in [1.29, 1.82) is 0 Å². The maximum absolute atomic E-state index is 6.22. The Morgan fingerprint density at radius 1 is 0.808 bits per heavy atom. The first kappa shape index (κ1) is 18.3. The predicted molar refractivity (Wildman–Crippen MR) is 106 cm³/mol. The number of halogens is 1. The topological polar surface area (TPSA) is 30.5 Å². The second kappa shape index (κ2) is 9.27. The van der Waals surface area contributed by atoms with E-state index in [4.69, 9.17) is 21.1 Å². The summed E-state index contributed by atoms with van der Waals surface area (Å²) in [6, 6.07) is 23.9. The third-order valence-corrected chi connectivity index (χ3v) is 4.46. The number of rotatable bonds is 8. The first-order chi connectivity index (χ1) is 12.8. The molecule has 0 unspecified atom stereocenters. The van der Waals surface area contributed by atoms with Gasteiger partial charge < -0.3 is 14.8 Å². The Morgan fingerprint density at radius 3 is 2.27 bits per heavy atom. The van der Waals surface area contributed by atoms with Crippen molar-refractivity contribution < 1.29 is 9.47 Å². The molecule has 0 aliphatic carbocycles. The highest BCUT2D eigenvalue weighted by Crippen LogP contribution is 2.32. The lowest BCUT2D eigenvalue weighted by atomic mass is 10.1. The lowest BCUT2D eigenvalue weighted by Gasteiger charge is -2.16. The summed E-state index contributed by atoms with van der Waals surface area (Å²) < 4.78 is 11.6. The van der Waals surface area contributed by atoms with E-state index in [1.54, 1.807) is 7.11 Å². The summed E-state index contributed by atoms with van der Waals surface area (Å²) in [5.41, 5.74) is 3.24. The molecule has 1 N–H and O–H groups in total. The number of benzene rings is 3. The van der Waals surface area contributed by atoms with Crippen molar-refractivity contribution in [1.82, 2.24) is 5.32 Å². The second-order valence-corrected chi connectivity index (χ2v) is 6.32. The van der Waals surface area contributed by atoms with Crippen molar-refractivity contribution in [2.24, 2.45) is 0 Å². The Morgan fingerprint density at radius 2 is 1.50 bits per heavy atom. The van der Waals surface area contributed by atoms with Gasteiger partial charge in [-0.2, -0.15) is 0 Å². The van der Waals surface area contributed by atoms with E-state index >= 15 is 0 Å². The Hall–Kier alpha value is -2.49. The Labute approximate surface area is 159 Å². The molecule has 0 fully saturated rings. The average molecular weight is 368 g/mol. The molecule has 0 amide bonds. The molecule has 0 aliphatic rings. The van der Waals surface area contributed by atoms with Gasteiger partial charge in [0.05, 0.1) is 7.11 Å². The minimum Gasteiger partial charge on any atom is -0.493 e. The monoisotopic (exact) mass is 367 g/mol. The number of nitrogens with one attached hydrogen (secondary N) is 1. The minimum absolute atomic E-state index is 0.499. The number of para-hydroxylation sites is 1. The van der Waals surface area contributed by atoms with Crippen LogP contribution in [0.5, 0.6) is 11.5 Å². The fourth-order valence-corrected chi connectivity index (χ4v) is 2.93. The first-order valence-corrected chi connectivity index (χ1v) is 8.92. The van der Waals surface area contributed by atoms with Gasteiger partial charge in [0.25, 0.3) is 0 Å². The highest BCUT2D eigenvalue weighted by molar-refractivity contribution is 6.31. The van der Waals surface area contributed by atoms with Gasteiger partial charge in [-0.3, -0.25) is 0 Å². The summed E-state index contributed by atoms with van der Waals surface area (Å²) in [5.74, 6) is 1.50. The van der Waals surface area contributed by atoms with Crippen molar-refractivity contribution in [3.05, 3.63) is 94.5 Å². The van der Waals surface area contributed by atoms with Crippen LogP contribution in [0.3, 0.4) is 0 Å². The van der Waals surface area contributed by atoms with Crippen LogP contribution < -0.4 is 14.8 Å². The third kappa shape index (κ3) is 4.78. The lowest BCUT2D eigenvalue weighted by molar-refractivity contribution is 0.280. The number of hydrogen-bond donors (Lipinski definition) is 1. The van der Waals surface area contributed by atoms with Crippen LogP contribution in [0.15, 0.2) is 72.8 Å². The fraction of sp³-hybridized carbons (Fsp3) is 0.182. The zero-order valence-corrected chi connectivity index (χ0v) is 15.5. The van der Waals surface area contributed by atoms with Crippen LogP contribution in [0.1, 0.15) is 16.7 Å². The van der Waals surface area contributed by atoms with Crippen LogP contribution in [0, 0.1) is 0 Å². The molecule has 26 heavy (non-hydrogen) atoms. The van der Waals surface area contributed by atoms with E-state index in [-0.39, 0.29) is 0 Å². The number of methoxy groups -OCH3 is 1. The molecule has 0 heterocycles. The SMILES string of the molecule is COc1cccc(CNCc2ccccc2Cl)c1OCc1ccccc1. The third-order valence-electron chi connectivity index (χ3n) is 4.10. The van der Waals surface area contributed by atoms with Gasteiger partial charge in [-0.1, -0.05) is 72.3 Å². The molecule has 0 aromatic heterocycles. The number of hydrogen-bond acceptors (Lipinski definition) is 3. The van der Waals surface area contributed by atoms with Crippen LogP contribution in [0.4, 0.5) is 0 Å². The Bertz CT molecular complexity index is 837. The summed E-state index contributed by atoms with van der Waals surface area (Å²) in [4.78, 5) is 0. The van der Waals surface area contributed by atoms with E-state index in [9.17, 15) is 0 Å². The van der Waals surface area contributed by atoms with Gasteiger partial charge in [-0.05, 0) is 23.3 Å².